The van der Waals surface area contributed by atoms with Crippen LogP contribution in [-0.4, -0.2) is 24.0 Å². The molecule has 24 heavy (non-hydrogen) atoms. The Morgan fingerprint density at radius 2 is 2.04 bits per heavy atom. The van der Waals surface area contributed by atoms with Gasteiger partial charge in [-0.3, -0.25) is 9.59 Å². The average molecular weight is 332 g/mol. The number of fused-ring (bicyclic) bond motifs is 3. The van der Waals surface area contributed by atoms with Crippen molar-refractivity contribution in [1.82, 2.24) is 0 Å². The fourth-order valence-electron chi connectivity index (χ4n) is 5.95. The van der Waals surface area contributed by atoms with Crippen LogP contribution in [0.2, 0.25) is 0 Å². The van der Waals surface area contributed by atoms with E-state index in [4.69, 9.17) is 4.74 Å². The molecule has 0 unspecified atom stereocenters. The molecule has 2 fully saturated rings. The van der Waals surface area contributed by atoms with Crippen LogP contribution < -0.4 is 0 Å². The van der Waals surface area contributed by atoms with Crippen LogP contribution in [0.3, 0.4) is 0 Å². The molecule has 3 aliphatic rings. The Morgan fingerprint density at radius 1 is 1.33 bits per heavy atom. The third kappa shape index (κ3) is 2.04. The molecule has 4 heteroatoms. The highest BCUT2D eigenvalue weighted by Crippen LogP contribution is 2.66. The minimum absolute atomic E-state index is 0.0365. The topological polar surface area (TPSA) is 63.6 Å². The molecular weight excluding hydrogens is 304 g/mol. The number of methoxy groups -OCH3 is 1. The normalized spacial score (nSPS) is 39.7. The Kier molecular flexibility index (Phi) is 3.93. The van der Waals surface area contributed by atoms with E-state index in [0.29, 0.717) is 12.0 Å². The van der Waals surface area contributed by atoms with Crippen molar-refractivity contribution >= 4 is 11.8 Å². The van der Waals surface area contributed by atoms with Crippen LogP contribution >= 0.6 is 0 Å². The number of allylic oxidation sites excluding steroid dienone is 2. The van der Waals surface area contributed by atoms with Gasteiger partial charge in [0.1, 0.15) is 0 Å². The number of ketones is 1. The predicted octanol–water partition coefficient (Wildman–Crippen LogP) is 4.11. The fraction of sp³-hybridized carbons (Fsp3) is 0.700. The largest absolute Gasteiger partial charge is 0.515 e. The van der Waals surface area contributed by atoms with Crippen molar-refractivity contribution in [2.45, 2.75) is 59.3 Å². The summed E-state index contributed by atoms with van der Waals surface area (Å²) in [6.45, 7) is 6.13. The van der Waals surface area contributed by atoms with Gasteiger partial charge in [-0.1, -0.05) is 32.4 Å². The first kappa shape index (κ1) is 17.2. The van der Waals surface area contributed by atoms with E-state index in [1.807, 2.05) is 13.8 Å². The van der Waals surface area contributed by atoms with Crippen molar-refractivity contribution in [1.29, 1.82) is 0 Å². The van der Waals surface area contributed by atoms with E-state index in [1.165, 1.54) is 7.11 Å². The summed E-state index contributed by atoms with van der Waals surface area (Å²) in [7, 11) is 1.46. The lowest BCUT2D eigenvalue weighted by Gasteiger charge is -2.59. The molecule has 1 N–H and O–H groups in total. The number of hydrogen-bond donors (Lipinski definition) is 1. The molecule has 3 rings (SSSR count). The summed E-state index contributed by atoms with van der Waals surface area (Å²) in [4.78, 5) is 25.5. The smallest absolute Gasteiger partial charge is 0.315 e. The molecule has 3 aliphatic carbocycles. The molecule has 0 radical (unpaired) electrons. The van der Waals surface area contributed by atoms with Crippen LogP contribution in [0.1, 0.15) is 59.3 Å². The SMILES string of the molecule is COC(=O)[C@]12CCCC=C1[C@@]1(C)C/C(=C/O)C(=O)C(C)(C)[C@@H]1CC2. The van der Waals surface area contributed by atoms with Crippen LogP contribution in [-0.2, 0) is 14.3 Å². The fourth-order valence-corrected chi connectivity index (χ4v) is 5.95. The number of aliphatic hydroxyl groups excluding tert-OH is 1. The van der Waals surface area contributed by atoms with Gasteiger partial charge in [-0.2, -0.15) is 0 Å². The second-order valence-corrected chi connectivity index (χ2v) is 8.47. The first-order valence-electron chi connectivity index (χ1n) is 8.91. The van der Waals surface area contributed by atoms with Crippen LogP contribution in [0.4, 0.5) is 0 Å². The highest BCUT2D eigenvalue weighted by Gasteiger charge is 2.62. The Morgan fingerprint density at radius 3 is 2.67 bits per heavy atom. The van der Waals surface area contributed by atoms with E-state index < -0.39 is 10.8 Å². The Bertz CT molecular complexity index is 642. The van der Waals surface area contributed by atoms with Gasteiger partial charge in [-0.25, -0.2) is 0 Å². The summed E-state index contributed by atoms with van der Waals surface area (Å²) >= 11 is 0. The van der Waals surface area contributed by atoms with Crippen LogP contribution in [0.25, 0.3) is 0 Å². The molecule has 0 heterocycles. The number of aliphatic hydroxyl groups is 1. The first-order chi connectivity index (χ1) is 11.2. The molecule has 0 aromatic rings. The van der Waals surface area contributed by atoms with Crippen molar-refractivity contribution in [3.63, 3.8) is 0 Å². The van der Waals surface area contributed by atoms with E-state index in [2.05, 4.69) is 13.0 Å². The molecule has 0 bridgehead atoms. The molecule has 0 aromatic carbocycles. The van der Waals surface area contributed by atoms with Gasteiger partial charge in [0.05, 0.1) is 18.8 Å². The summed E-state index contributed by atoms with van der Waals surface area (Å²) in [6.07, 6.45) is 8.05. The van der Waals surface area contributed by atoms with E-state index in [1.54, 1.807) is 0 Å². The van der Waals surface area contributed by atoms with Gasteiger partial charge in [-0.15, -0.1) is 0 Å². The van der Waals surface area contributed by atoms with Crippen molar-refractivity contribution < 1.29 is 19.4 Å². The first-order valence-corrected chi connectivity index (χ1v) is 8.91. The lowest BCUT2D eigenvalue weighted by Crippen LogP contribution is -2.57. The zero-order valence-electron chi connectivity index (χ0n) is 15.1. The summed E-state index contributed by atoms with van der Waals surface area (Å²) in [5.74, 6) is 0.0649. The van der Waals surface area contributed by atoms with Gasteiger partial charge in [0.2, 0.25) is 0 Å². The third-order valence-corrected chi connectivity index (χ3v) is 6.95. The molecule has 3 atom stereocenters. The van der Waals surface area contributed by atoms with Crippen LogP contribution in [0.15, 0.2) is 23.5 Å². The summed E-state index contributed by atoms with van der Waals surface area (Å²) in [5.41, 5.74) is 0.242. The monoisotopic (exact) mass is 332 g/mol. The second-order valence-electron chi connectivity index (χ2n) is 8.47. The van der Waals surface area contributed by atoms with E-state index in [-0.39, 0.29) is 23.1 Å². The Hall–Kier alpha value is -1.58. The van der Waals surface area contributed by atoms with Crippen molar-refractivity contribution in [3.05, 3.63) is 23.5 Å². The molecule has 0 saturated heterocycles. The molecular formula is C20H28O4. The van der Waals surface area contributed by atoms with Gasteiger partial charge in [0, 0.05) is 11.0 Å². The standard InChI is InChI=1S/C20H28O4/c1-18(2)14-8-10-20(17(23)24-4)9-6-5-7-15(20)19(14,3)11-13(12-21)16(18)22/h7,12,14,21H,5-6,8-11H2,1-4H3/b13-12-/t14-,19-,20-/m0/s1. The maximum absolute atomic E-state index is 12.8. The second kappa shape index (κ2) is 5.47. The molecule has 0 aromatic heterocycles. The maximum atomic E-state index is 12.8. The quantitative estimate of drug-likeness (QED) is 0.340. The lowest BCUT2D eigenvalue weighted by atomic mass is 9.43. The third-order valence-electron chi connectivity index (χ3n) is 6.95. The molecule has 2 saturated carbocycles. The number of hydrogen-bond acceptors (Lipinski definition) is 4. The zero-order chi connectivity index (χ0) is 17.8. The Balaban J connectivity index is 2.16. The maximum Gasteiger partial charge on any atom is 0.315 e. The molecule has 4 nitrogen and oxygen atoms in total. The van der Waals surface area contributed by atoms with Crippen molar-refractivity contribution in [2.75, 3.05) is 7.11 Å². The summed E-state index contributed by atoms with van der Waals surface area (Å²) in [5, 5.41) is 9.62. The van der Waals surface area contributed by atoms with Crippen molar-refractivity contribution in [2.24, 2.45) is 22.2 Å². The zero-order valence-corrected chi connectivity index (χ0v) is 15.1. The van der Waals surface area contributed by atoms with Gasteiger partial charge in [0.15, 0.2) is 5.78 Å². The minimum atomic E-state index is -0.546. The van der Waals surface area contributed by atoms with Crippen LogP contribution in [0.5, 0.6) is 0 Å². The number of carbonyl (C=O) groups is 2. The highest BCUT2D eigenvalue weighted by molar-refractivity contribution is 6.01. The Labute approximate surface area is 144 Å². The summed E-state index contributed by atoms with van der Waals surface area (Å²) < 4.78 is 5.19. The van der Waals surface area contributed by atoms with Gasteiger partial charge in [-0.05, 0) is 49.9 Å². The van der Waals surface area contributed by atoms with E-state index in [0.717, 1.165) is 43.9 Å². The number of carbonyl (C=O) groups excluding carboxylic acids is 2. The minimum Gasteiger partial charge on any atom is -0.515 e. The van der Waals surface area contributed by atoms with Crippen LogP contribution in [0, 0.1) is 22.2 Å². The highest BCUT2D eigenvalue weighted by atomic mass is 16.5. The number of Topliss-reactive ketones (excluding diaryl/α,β-unsaturated/α-hetero) is 1. The molecule has 132 valence electrons. The predicted molar refractivity (Wildman–Crippen MR) is 91.3 cm³/mol. The van der Waals surface area contributed by atoms with E-state index in [9.17, 15) is 14.7 Å². The van der Waals surface area contributed by atoms with Crippen molar-refractivity contribution in [3.8, 4) is 0 Å². The molecule has 0 aliphatic heterocycles. The average Bonchev–Trinajstić information content (AvgIpc) is 2.57. The van der Waals surface area contributed by atoms with Gasteiger partial charge < -0.3 is 9.84 Å². The number of ether oxygens (including phenoxy) is 1. The molecule has 0 amide bonds. The van der Waals surface area contributed by atoms with E-state index >= 15 is 0 Å². The summed E-state index contributed by atoms with van der Waals surface area (Å²) in [6, 6.07) is 0. The molecule has 0 spiro atoms. The number of esters is 1. The van der Waals surface area contributed by atoms with Gasteiger partial charge >= 0.3 is 5.97 Å². The number of rotatable bonds is 1. The van der Waals surface area contributed by atoms with Gasteiger partial charge in [0.25, 0.3) is 0 Å². The lowest BCUT2D eigenvalue weighted by molar-refractivity contribution is -0.157.